The van der Waals surface area contributed by atoms with E-state index in [1.807, 2.05) is 4.90 Å². The number of hydrogen-bond acceptors (Lipinski definition) is 6. The number of hydrogen-bond donors (Lipinski definition) is 2. The Morgan fingerprint density at radius 3 is 2.65 bits per heavy atom. The van der Waals surface area contributed by atoms with Crippen molar-refractivity contribution in [1.29, 1.82) is 0 Å². The highest BCUT2D eigenvalue weighted by Crippen LogP contribution is 2.30. The first-order chi connectivity index (χ1) is 9.67. The Labute approximate surface area is 123 Å². The Morgan fingerprint density at radius 1 is 1.40 bits per heavy atom. The SMILES string of the molecule is CNc1nc(N)c(C(=O)N2CCN(CC3CC3)CC2)s1. The topological polar surface area (TPSA) is 74.5 Å². The van der Waals surface area contributed by atoms with Crippen molar-refractivity contribution in [2.45, 2.75) is 12.8 Å². The maximum atomic E-state index is 12.5. The molecule has 0 unspecified atom stereocenters. The number of carbonyl (C=O) groups is 1. The van der Waals surface area contributed by atoms with Gasteiger partial charge in [-0.2, -0.15) is 0 Å². The van der Waals surface area contributed by atoms with Crippen molar-refractivity contribution < 1.29 is 4.79 Å². The molecule has 1 aromatic heterocycles. The Balaban J connectivity index is 1.58. The zero-order valence-corrected chi connectivity index (χ0v) is 12.6. The number of nitrogen functional groups attached to an aromatic ring is 1. The Kier molecular flexibility index (Phi) is 3.80. The van der Waals surface area contributed by atoms with E-state index in [-0.39, 0.29) is 5.91 Å². The number of nitrogens with one attached hydrogen (secondary N) is 1. The zero-order chi connectivity index (χ0) is 14.1. The Hall–Kier alpha value is -1.34. The molecule has 6 nitrogen and oxygen atoms in total. The van der Waals surface area contributed by atoms with E-state index in [0.29, 0.717) is 15.8 Å². The summed E-state index contributed by atoms with van der Waals surface area (Å²) in [7, 11) is 1.78. The van der Waals surface area contributed by atoms with Crippen LogP contribution in [-0.4, -0.2) is 60.5 Å². The van der Waals surface area contributed by atoms with Gasteiger partial charge in [-0.05, 0) is 18.8 Å². The number of thiazole rings is 1. The lowest BCUT2D eigenvalue weighted by Crippen LogP contribution is -2.49. The van der Waals surface area contributed by atoms with Crippen LogP contribution in [0.2, 0.25) is 0 Å². The van der Waals surface area contributed by atoms with E-state index in [9.17, 15) is 4.79 Å². The van der Waals surface area contributed by atoms with Gasteiger partial charge in [-0.25, -0.2) is 4.98 Å². The first-order valence-corrected chi connectivity index (χ1v) is 7.94. The normalized spacial score (nSPS) is 20.1. The summed E-state index contributed by atoms with van der Waals surface area (Å²) < 4.78 is 0. The quantitative estimate of drug-likeness (QED) is 0.864. The summed E-state index contributed by atoms with van der Waals surface area (Å²) in [5.74, 6) is 1.27. The van der Waals surface area contributed by atoms with Crippen molar-refractivity contribution in [1.82, 2.24) is 14.8 Å². The van der Waals surface area contributed by atoms with Gasteiger partial charge in [-0.3, -0.25) is 9.69 Å². The number of nitrogens with two attached hydrogens (primary N) is 1. The monoisotopic (exact) mass is 295 g/mol. The fourth-order valence-electron chi connectivity index (χ4n) is 2.53. The van der Waals surface area contributed by atoms with Gasteiger partial charge in [0.15, 0.2) is 5.13 Å². The van der Waals surface area contributed by atoms with Gasteiger partial charge in [-0.15, -0.1) is 0 Å². The molecule has 7 heteroatoms. The van der Waals surface area contributed by atoms with Gasteiger partial charge in [0.25, 0.3) is 5.91 Å². The molecule has 1 aliphatic heterocycles. The first kappa shape index (κ1) is 13.6. The molecule has 0 atom stereocenters. The van der Waals surface area contributed by atoms with E-state index in [2.05, 4.69) is 15.2 Å². The summed E-state index contributed by atoms with van der Waals surface area (Å²) in [5, 5.41) is 3.62. The van der Waals surface area contributed by atoms with Crippen LogP contribution in [-0.2, 0) is 0 Å². The molecular weight excluding hydrogens is 274 g/mol. The predicted octanol–water partition coefficient (Wildman–Crippen LogP) is 0.935. The molecule has 0 aromatic carbocycles. The largest absolute Gasteiger partial charge is 0.382 e. The van der Waals surface area contributed by atoms with Crippen LogP contribution in [0.15, 0.2) is 0 Å². The standard InChI is InChI=1S/C13H21N5OS/c1-15-13-16-11(14)10(20-13)12(19)18-6-4-17(5-7-18)8-9-2-3-9/h9H,2-8,14H2,1H3,(H,15,16). The number of piperazine rings is 1. The van der Waals surface area contributed by atoms with E-state index >= 15 is 0 Å². The molecule has 3 N–H and O–H groups in total. The van der Waals surface area contributed by atoms with Gasteiger partial charge in [0.05, 0.1) is 0 Å². The molecule has 1 amide bonds. The smallest absolute Gasteiger partial charge is 0.267 e. The molecule has 2 heterocycles. The molecular formula is C13H21N5OS. The minimum Gasteiger partial charge on any atom is -0.382 e. The van der Waals surface area contributed by atoms with Crippen molar-refractivity contribution in [3.05, 3.63) is 4.88 Å². The highest BCUT2D eigenvalue weighted by Gasteiger charge is 2.29. The molecule has 1 saturated heterocycles. The van der Waals surface area contributed by atoms with Gasteiger partial charge in [0, 0.05) is 39.8 Å². The third kappa shape index (κ3) is 2.88. The second kappa shape index (κ2) is 5.57. The highest BCUT2D eigenvalue weighted by atomic mass is 32.1. The third-order valence-electron chi connectivity index (χ3n) is 3.93. The summed E-state index contributed by atoms with van der Waals surface area (Å²) in [5.41, 5.74) is 5.83. The summed E-state index contributed by atoms with van der Waals surface area (Å²) in [6.45, 7) is 4.73. The van der Waals surface area contributed by atoms with Crippen LogP contribution in [0.4, 0.5) is 10.9 Å². The molecule has 1 saturated carbocycles. The van der Waals surface area contributed by atoms with Crippen LogP contribution in [0.25, 0.3) is 0 Å². The number of aromatic nitrogens is 1. The van der Waals surface area contributed by atoms with Crippen LogP contribution in [0, 0.1) is 5.92 Å². The van der Waals surface area contributed by atoms with Crippen LogP contribution >= 0.6 is 11.3 Å². The summed E-state index contributed by atoms with van der Waals surface area (Å²) in [4.78, 5) is 21.5. The van der Waals surface area contributed by atoms with Crippen molar-refractivity contribution in [3.63, 3.8) is 0 Å². The molecule has 2 aliphatic rings. The molecule has 1 aromatic rings. The van der Waals surface area contributed by atoms with Crippen molar-refractivity contribution in [2.75, 3.05) is 50.8 Å². The number of rotatable bonds is 4. The molecule has 0 bridgehead atoms. The number of nitrogens with zero attached hydrogens (tertiary/aromatic N) is 3. The number of amides is 1. The van der Waals surface area contributed by atoms with E-state index in [1.165, 1.54) is 30.7 Å². The minimum absolute atomic E-state index is 0.0209. The molecule has 0 radical (unpaired) electrons. The first-order valence-electron chi connectivity index (χ1n) is 7.13. The second-order valence-electron chi connectivity index (χ2n) is 5.52. The van der Waals surface area contributed by atoms with Crippen molar-refractivity contribution >= 4 is 28.2 Å². The summed E-state index contributed by atoms with van der Waals surface area (Å²) in [6, 6.07) is 0. The van der Waals surface area contributed by atoms with E-state index in [4.69, 9.17) is 5.73 Å². The van der Waals surface area contributed by atoms with Gasteiger partial charge in [0.1, 0.15) is 10.7 Å². The summed E-state index contributed by atoms with van der Waals surface area (Å²) in [6.07, 6.45) is 2.76. The van der Waals surface area contributed by atoms with Crippen LogP contribution < -0.4 is 11.1 Å². The number of anilines is 2. The van der Waals surface area contributed by atoms with Gasteiger partial charge >= 0.3 is 0 Å². The average Bonchev–Trinajstić information content (AvgIpc) is 3.19. The van der Waals surface area contributed by atoms with Crippen LogP contribution in [0.5, 0.6) is 0 Å². The Morgan fingerprint density at radius 2 is 2.10 bits per heavy atom. The van der Waals surface area contributed by atoms with E-state index in [1.54, 1.807) is 7.05 Å². The molecule has 1 aliphatic carbocycles. The molecule has 2 fully saturated rings. The van der Waals surface area contributed by atoms with Crippen LogP contribution in [0.3, 0.4) is 0 Å². The van der Waals surface area contributed by atoms with Gasteiger partial charge < -0.3 is 16.0 Å². The molecule has 20 heavy (non-hydrogen) atoms. The lowest BCUT2D eigenvalue weighted by Gasteiger charge is -2.34. The second-order valence-corrected chi connectivity index (χ2v) is 6.52. The lowest BCUT2D eigenvalue weighted by atomic mass is 10.2. The molecule has 110 valence electrons. The maximum absolute atomic E-state index is 12.5. The van der Waals surface area contributed by atoms with Crippen molar-refractivity contribution in [2.24, 2.45) is 5.92 Å². The van der Waals surface area contributed by atoms with Crippen LogP contribution in [0.1, 0.15) is 22.5 Å². The average molecular weight is 295 g/mol. The summed E-state index contributed by atoms with van der Waals surface area (Å²) >= 11 is 1.33. The fourth-order valence-corrected chi connectivity index (χ4v) is 3.34. The van der Waals surface area contributed by atoms with E-state index < -0.39 is 0 Å². The van der Waals surface area contributed by atoms with Crippen molar-refractivity contribution in [3.8, 4) is 0 Å². The third-order valence-corrected chi connectivity index (χ3v) is 5.01. The Bertz CT molecular complexity index is 491. The fraction of sp³-hybridized carbons (Fsp3) is 0.692. The van der Waals surface area contributed by atoms with E-state index in [0.717, 1.165) is 32.1 Å². The van der Waals surface area contributed by atoms with Gasteiger partial charge in [-0.1, -0.05) is 11.3 Å². The highest BCUT2D eigenvalue weighted by molar-refractivity contribution is 7.18. The number of carbonyl (C=O) groups excluding carboxylic acids is 1. The maximum Gasteiger partial charge on any atom is 0.267 e. The molecule has 0 spiro atoms. The predicted molar refractivity (Wildman–Crippen MR) is 81.1 cm³/mol. The lowest BCUT2D eigenvalue weighted by molar-refractivity contribution is 0.0637. The minimum atomic E-state index is 0.0209. The van der Waals surface area contributed by atoms with Gasteiger partial charge in [0.2, 0.25) is 0 Å². The zero-order valence-electron chi connectivity index (χ0n) is 11.8. The molecule has 3 rings (SSSR count).